The molecule has 0 unspecified atom stereocenters. The third-order valence-corrected chi connectivity index (χ3v) is 4.09. The van der Waals surface area contributed by atoms with Gasteiger partial charge in [-0.2, -0.15) is 9.50 Å². The molecule has 1 atom stereocenters. The largest absolute Gasteiger partial charge is 0.278 e. The van der Waals surface area contributed by atoms with Crippen LogP contribution < -0.4 is 0 Å². The maximum atomic E-state index is 12.0. The average molecular weight is 263 g/mol. The van der Waals surface area contributed by atoms with Crippen LogP contribution in [0.15, 0.2) is 28.8 Å². The first-order chi connectivity index (χ1) is 8.38. The number of fused-ring (bicyclic) bond motifs is 1. The predicted molar refractivity (Wildman–Crippen MR) is 76.2 cm³/mol. The van der Waals surface area contributed by atoms with Crippen LogP contribution >= 0.6 is 0 Å². The second-order valence-electron chi connectivity index (χ2n) is 5.21. The lowest BCUT2D eigenvalue weighted by molar-refractivity contribution is 0.650. The number of nitrogens with zero attached hydrogens (tertiary/aromatic N) is 2. The first-order valence-electron chi connectivity index (χ1n) is 5.79. The van der Waals surface area contributed by atoms with Crippen LogP contribution in [-0.2, 0) is 11.0 Å². The average Bonchev–Trinajstić information content (AvgIpc) is 2.74. The van der Waals surface area contributed by atoms with Crippen molar-refractivity contribution in [2.75, 3.05) is 0 Å². The first-order valence-corrected chi connectivity index (χ1v) is 6.89. The Morgan fingerprint density at radius 2 is 2.11 bits per heavy atom. The fourth-order valence-electron chi connectivity index (χ4n) is 1.48. The van der Waals surface area contributed by atoms with E-state index in [-0.39, 0.29) is 4.75 Å². The minimum atomic E-state index is -1.23. The van der Waals surface area contributed by atoms with Gasteiger partial charge in [0.25, 0.3) is 0 Å². The van der Waals surface area contributed by atoms with Gasteiger partial charge in [0.2, 0.25) is 0 Å². The highest BCUT2D eigenvalue weighted by molar-refractivity contribution is 7.85. The highest BCUT2D eigenvalue weighted by atomic mass is 32.2. The second kappa shape index (κ2) is 4.65. The number of hydrogen-bond acceptors (Lipinski definition) is 2. The SMILES string of the molecule is C/C(=N\[S@@](=O)C(C)(C)C)c1ccc2[nH]ncc2c1. The Kier molecular flexibility index (Phi) is 3.34. The van der Waals surface area contributed by atoms with Gasteiger partial charge in [-0.25, -0.2) is 4.21 Å². The Bertz CT molecular complexity index is 622. The molecule has 18 heavy (non-hydrogen) atoms. The van der Waals surface area contributed by atoms with Crippen LogP contribution in [0, 0.1) is 0 Å². The van der Waals surface area contributed by atoms with Gasteiger partial charge in [-0.3, -0.25) is 5.10 Å². The van der Waals surface area contributed by atoms with Crippen molar-refractivity contribution in [1.82, 2.24) is 10.2 Å². The zero-order valence-corrected chi connectivity index (χ0v) is 11.8. The van der Waals surface area contributed by atoms with Crippen molar-refractivity contribution in [1.29, 1.82) is 0 Å². The van der Waals surface area contributed by atoms with E-state index in [2.05, 4.69) is 14.6 Å². The lowest BCUT2D eigenvalue weighted by Crippen LogP contribution is -2.20. The topological polar surface area (TPSA) is 58.1 Å². The summed E-state index contributed by atoms with van der Waals surface area (Å²) >= 11 is 0. The number of hydrogen-bond donors (Lipinski definition) is 1. The van der Waals surface area contributed by atoms with Gasteiger partial charge in [0.05, 0.1) is 22.2 Å². The van der Waals surface area contributed by atoms with Gasteiger partial charge < -0.3 is 0 Å². The summed E-state index contributed by atoms with van der Waals surface area (Å²) in [4.78, 5) is 0. The van der Waals surface area contributed by atoms with Crippen molar-refractivity contribution >= 4 is 27.6 Å². The van der Waals surface area contributed by atoms with Gasteiger partial charge in [0.15, 0.2) is 0 Å². The van der Waals surface area contributed by atoms with Crippen molar-refractivity contribution in [2.24, 2.45) is 4.40 Å². The van der Waals surface area contributed by atoms with Crippen molar-refractivity contribution < 1.29 is 4.21 Å². The molecule has 0 aliphatic heterocycles. The van der Waals surface area contributed by atoms with Crippen LogP contribution in [0.1, 0.15) is 33.3 Å². The van der Waals surface area contributed by atoms with E-state index in [0.29, 0.717) is 0 Å². The standard InChI is InChI=1S/C13H17N3OS/c1-9(16-18(17)13(2,3)4)10-5-6-12-11(7-10)8-14-15-12/h5-8H,1-4H3,(H,14,15)/b16-9+/t18-/m0/s1. The van der Waals surface area contributed by atoms with Gasteiger partial charge >= 0.3 is 0 Å². The van der Waals surface area contributed by atoms with Gasteiger partial charge in [-0.15, -0.1) is 0 Å². The lowest BCUT2D eigenvalue weighted by atomic mass is 10.1. The van der Waals surface area contributed by atoms with E-state index in [9.17, 15) is 4.21 Å². The Hall–Kier alpha value is -1.49. The summed E-state index contributed by atoms with van der Waals surface area (Å²) in [7, 11) is -1.23. The van der Waals surface area contributed by atoms with Crippen molar-refractivity contribution in [3.63, 3.8) is 0 Å². The Morgan fingerprint density at radius 1 is 1.39 bits per heavy atom. The molecule has 1 heterocycles. The minimum absolute atomic E-state index is 0.332. The molecule has 1 aromatic carbocycles. The quantitative estimate of drug-likeness (QED) is 0.847. The molecular weight excluding hydrogens is 246 g/mol. The summed E-state index contributed by atoms with van der Waals surface area (Å²) in [6.07, 6.45) is 1.77. The molecule has 5 heteroatoms. The van der Waals surface area contributed by atoms with Crippen LogP contribution in [-0.4, -0.2) is 24.9 Å². The van der Waals surface area contributed by atoms with E-state index in [0.717, 1.165) is 22.2 Å². The summed E-state index contributed by atoms with van der Waals surface area (Å²) in [5.74, 6) is 0. The number of nitrogens with one attached hydrogen (secondary N) is 1. The van der Waals surface area contributed by atoms with E-state index >= 15 is 0 Å². The lowest BCUT2D eigenvalue weighted by Gasteiger charge is -2.14. The molecule has 0 spiro atoms. The zero-order chi connectivity index (χ0) is 13.3. The number of aromatic nitrogens is 2. The minimum Gasteiger partial charge on any atom is -0.278 e. The highest BCUT2D eigenvalue weighted by Crippen LogP contribution is 2.16. The molecular formula is C13H17N3OS. The number of rotatable bonds is 2. The summed E-state index contributed by atoms with van der Waals surface area (Å²) in [5, 5.41) is 7.91. The monoisotopic (exact) mass is 263 g/mol. The molecule has 0 saturated heterocycles. The van der Waals surface area contributed by atoms with Gasteiger partial charge in [-0.1, -0.05) is 6.07 Å². The molecule has 96 valence electrons. The molecule has 1 aromatic heterocycles. The first kappa shape index (κ1) is 13.0. The molecule has 0 fully saturated rings. The summed E-state index contributed by atoms with van der Waals surface area (Å²) in [6, 6.07) is 5.91. The normalized spacial score (nSPS) is 15.0. The predicted octanol–water partition coefficient (Wildman–Crippen LogP) is 2.83. The van der Waals surface area contributed by atoms with Crippen LogP contribution in [0.2, 0.25) is 0 Å². The number of benzene rings is 1. The third kappa shape index (κ3) is 2.67. The summed E-state index contributed by atoms with van der Waals surface area (Å²) in [6.45, 7) is 7.63. The molecule has 0 amide bonds. The van der Waals surface area contributed by atoms with E-state index < -0.39 is 11.0 Å². The van der Waals surface area contributed by atoms with E-state index in [1.54, 1.807) is 6.20 Å². The second-order valence-corrected chi connectivity index (χ2v) is 7.12. The molecule has 2 rings (SSSR count). The summed E-state index contributed by atoms with van der Waals surface area (Å²) in [5.41, 5.74) is 2.75. The van der Waals surface area contributed by atoms with Gasteiger partial charge in [0, 0.05) is 5.39 Å². The van der Waals surface area contributed by atoms with Gasteiger partial charge in [-0.05, 0) is 45.4 Å². The van der Waals surface area contributed by atoms with Crippen LogP contribution in [0.25, 0.3) is 10.9 Å². The zero-order valence-electron chi connectivity index (χ0n) is 11.0. The van der Waals surface area contributed by atoms with Crippen molar-refractivity contribution in [3.8, 4) is 0 Å². The smallest absolute Gasteiger partial charge is 0.145 e. The molecule has 0 aliphatic rings. The molecule has 2 aromatic rings. The molecule has 4 nitrogen and oxygen atoms in total. The van der Waals surface area contributed by atoms with Crippen molar-refractivity contribution in [3.05, 3.63) is 30.0 Å². The molecule has 1 N–H and O–H groups in total. The van der Waals surface area contributed by atoms with E-state index in [1.165, 1.54) is 0 Å². The fraction of sp³-hybridized carbons (Fsp3) is 0.385. The van der Waals surface area contributed by atoms with Crippen LogP contribution in [0.3, 0.4) is 0 Å². The van der Waals surface area contributed by atoms with Crippen molar-refractivity contribution in [2.45, 2.75) is 32.4 Å². The van der Waals surface area contributed by atoms with E-state index in [1.807, 2.05) is 45.9 Å². The molecule has 0 bridgehead atoms. The summed E-state index contributed by atoms with van der Waals surface area (Å²) < 4.78 is 15.9. The van der Waals surface area contributed by atoms with Crippen LogP contribution in [0.4, 0.5) is 0 Å². The van der Waals surface area contributed by atoms with Crippen LogP contribution in [0.5, 0.6) is 0 Å². The Labute approximate surface area is 109 Å². The van der Waals surface area contributed by atoms with E-state index in [4.69, 9.17) is 0 Å². The van der Waals surface area contributed by atoms with Gasteiger partial charge in [0.1, 0.15) is 11.0 Å². The third-order valence-electron chi connectivity index (χ3n) is 2.60. The maximum absolute atomic E-state index is 12.0. The molecule has 0 radical (unpaired) electrons. The number of H-pyrrole nitrogens is 1. The Balaban J connectivity index is 2.35. The maximum Gasteiger partial charge on any atom is 0.145 e. The highest BCUT2D eigenvalue weighted by Gasteiger charge is 2.19. The fourth-order valence-corrected chi connectivity index (χ4v) is 2.11. The number of aromatic amines is 1. The molecule has 0 saturated carbocycles. The Morgan fingerprint density at radius 3 is 2.78 bits per heavy atom. The molecule has 0 aliphatic carbocycles.